The number of amides is 1. The van der Waals surface area contributed by atoms with Crippen molar-refractivity contribution in [2.24, 2.45) is 0 Å². The van der Waals surface area contributed by atoms with E-state index in [1.165, 1.54) is 0 Å². The first-order chi connectivity index (χ1) is 8.75. The molecule has 1 aliphatic rings. The number of para-hydroxylation sites is 2. The largest absolute Gasteiger partial charge is 0.506 e. The first kappa shape index (κ1) is 13.2. The Labute approximate surface area is 111 Å². The average Bonchev–Trinajstić information content (AvgIpc) is 2.40. The molecular weight excluding hydrogens is 248 g/mol. The third kappa shape index (κ3) is 3.92. The molecule has 0 bridgehead atoms. The van der Waals surface area contributed by atoms with Gasteiger partial charge >= 0.3 is 0 Å². The molecule has 1 saturated heterocycles. The molecule has 1 aromatic carbocycles. The van der Waals surface area contributed by atoms with E-state index in [0.29, 0.717) is 16.7 Å². The van der Waals surface area contributed by atoms with Gasteiger partial charge in [-0.25, -0.2) is 0 Å². The topological polar surface area (TPSA) is 61.4 Å². The predicted octanol–water partition coefficient (Wildman–Crippen LogP) is 1.82. The second-order valence-corrected chi connectivity index (χ2v) is 5.61. The molecule has 4 nitrogen and oxygen atoms in total. The van der Waals surface area contributed by atoms with E-state index in [4.69, 9.17) is 0 Å². The van der Waals surface area contributed by atoms with E-state index >= 15 is 0 Å². The fraction of sp³-hybridized carbons (Fsp3) is 0.462. The van der Waals surface area contributed by atoms with Crippen LogP contribution in [-0.2, 0) is 4.79 Å². The van der Waals surface area contributed by atoms with Crippen LogP contribution in [0.3, 0.4) is 0 Å². The van der Waals surface area contributed by atoms with Crippen LogP contribution in [0.2, 0.25) is 0 Å². The first-order valence-corrected chi connectivity index (χ1v) is 7.21. The average molecular weight is 266 g/mol. The molecule has 0 radical (unpaired) electrons. The number of benzene rings is 1. The van der Waals surface area contributed by atoms with Crippen LogP contribution in [0.15, 0.2) is 24.3 Å². The quantitative estimate of drug-likeness (QED) is 0.727. The predicted molar refractivity (Wildman–Crippen MR) is 75.1 cm³/mol. The van der Waals surface area contributed by atoms with Gasteiger partial charge in [-0.15, -0.1) is 11.8 Å². The van der Waals surface area contributed by atoms with Gasteiger partial charge < -0.3 is 15.7 Å². The lowest BCUT2D eigenvalue weighted by molar-refractivity contribution is -0.113. The molecule has 0 aromatic heterocycles. The Balaban J connectivity index is 1.76. The number of carbonyl (C=O) groups excluding carboxylic acids is 1. The van der Waals surface area contributed by atoms with Gasteiger partial charge in [-0.05, 0) is 38.1 Å². The van der Waals surface area contributed by atoms with Crippen LogP contribution < -0.4 is 10.6 Å². The molecule has 1 heterocycles. The van der Waals surface area contributed by atoms with Crippen LogP contribution >= 0.6 is 11.8 Å². The lowest BCUT2D eigenvalue weighted by Crippen LogP contribution is -2.30. The molecule has 2 rings (SSSR count). The summed E-state index contributed by atoms with van der Waals surface area (Å²) in [6.45, 7) is 2.08. The van der Waals surface area contributed by atoms with Gasteiger partial charge in [0.2, 0.25) is 5.91 Å². The third-order valence-electron chi connectivity index (χ3n) is 2.91. The fourth-order valence-electron chi connectivity index (χ4n) is 1.92. The summed E-state index contributed by atoms with van der Waals surface area (Å²) in [5, 5.41) is 16.1. The molecule has 0 spiro atoms. The highest BCUT2D eigenvalue weighted by Gasteiger charge is 2.15. The van der Waals surface area contributed by atoms with Crippen molar-refractivity contribution < 1.29 is 9.90 Å². The van der Waals surface area contributed by atoms with Crippen molar-refractivity contribution in [3.05, 3.63) is 24.3 Å². The maximum Gasteiger partial charge on any atom is 0.234 e. The molecule has 1 aliphatic heterocycles. The number of hydrogen-bond donors (Lipinski definition) is 3. The van der Waals surface area contributed by atoms with E-state index in [1.54, 1.807) is 36.0 Å². The minimum absolute atomic E-state index is 0.0555. The number of phenols is 1. The molecule has 98 valence electrons. The lowest BCUT2D eigenvalue weighted by atomic mass is 10.2. The zero-order valence-electron chi connectivity index (χ0n) is 10.2. The van der Waals surface area contributed by atoms with Crippen molar-refractivity contribution in [2.45, 2.75) is 18.1 Å². The number of piperidine rings is 1. The molecule has 1 amide bonds. The van der Waals surface area contributed by atoms with Crippen molar-refractivity contribution >= 4 is 23.4 Å². The third-order valence-corrected chi connectivity index (χ3v) is 4.29. The Morgan fingerprint density at radius 1 is 1.39 bits per heavy atom. The molecule has 1 fully saturated rings. The van der Waals surface area contributed by atoms with E-state index < -0.39 is 0 Å². The number of thioether (sulfide) groups is 1. The fourth-order valence-corrected chi connectivity index (χ4v) is 2.95. The SMILES string of the molecule is O=C(CSC1CCNCC1)Nc1ccccc1O. The van der Waals surface area contributed by atoms with E-state index in [0.717, 1.165) is 25.9 Å². The highest BCUT2D eigenvalue weighted by atomic mass is 32.2. The van der Waals surface area contributed by atoms with Crippen LogP contribution in [-0.4, -0.2) is 35.1 Å². The summed E-state index contributed by atoms with van der Waals surface area (Å²) in [7, 11) is 0. The Hall–Kier alpha value is -1.20. The second-order valence-electron chi connectivity index (χ2n) is 4.33. The summed E-state index contributed by atoms with van der Waals surface area (Å²) in [5.41, 5.74) is 0.480. The molecule has 5 heteroatoms. The Morgan fingerprint density at radius 3 is 2.83 bits per heavy atom. The highest BCUT2D eigenvalue weighted by molar-refractivity contribution is 8.00. The van der Waals surface area contributed by atoms with Gasteiger partial charge in [0.1, 0.15) is 5.75 Å². The second kappa shape index (κ2) is 6.66. The van der Waals surface area contributed by atoms with Crippen LogP contribution in [0.25, 0.3) is 0 Å². The number of nitrogens with one attached hydrogen (secondary N) is 2. The van der Waals surface area contributed by atoms with Gasteiger partial charge in [-0.1, -0.05) is 12.1 Å². The van der Waals surface area contributed by atoms with Gasteiger partial charge in [0.25, 0.3) is 0 Å². The number of aromatic hydroxyl groups is 1. The number of anilines is 1. The van der Waals surface area contributed by atoms with E-state index in [2.05, 4.69) is 10.6 Å². The van der Waals surface area contributed by atoms with Gasteiger partial charge in [-0.3, -0.25) is 4.79 Å². The summed E-state index contributed by atoms with van der Waals surface area (Å²) in [6, 6.07) is 6.78. The first-order valence-electron chi connectivity index (χ1n) is 6.16. The maximum absolute atomic E-state index is 11.7. The summed E-state index contributed by atoms with van der Waals surface area (Å²) in [6.07, 6.45) is 2.24. The summed E-state index contributed by atoms with van der Waals surface area (Å²) in [4.78, 5) is 11.7. The number of phenolic OH excluding ortho intramolecular Hbond substituents is 1. The van der Waals surface area contributed by atoms with E-state index in [1.807, 2.05) is 0 Å². The molecular formula is C13H18N2O2S. The smallest absolute Gasteiger partial charge is 0.234 e. The van der Waals surface area contributed by atoms with Gasteiger partial charge in [0, 0.05) is 5.25 Å². The minimum atomic E-state index is -0.0555. The van der Waals surface area contributed by atoms with Crippen LogP contribution in [0, 0.1) is 0 Å². The molecule has 1 aromatic rings. The maximum atomic E-state index is 11.7. The molecule has 0 atom stereocenters. The number of rotatable bonds is 4. The number of hydrogen-bond acceptors (Lipinski definition) is 4. The van der Waals surface area contributed by atoms with Crippen molar-refractivity contribution in [1.82, 2.24) is 5.32 Å². The Kier molecular flexibility index (Phi) is 4.90. The van der Waals surface area contributed by atoms with Gasteiger partial charge in [0.15, 0.2) is 0 Å². The lowest BCUT2D eigenvalue weighted by Gasteiger charge is -2.21. The minimum Gasteiger partial charge on any atom is -0.506 e. The van der Waals surface area contributed by atoms with Crippen LogP contribution in [0.4, 0.5) is 5.69 Å². The molecule has 3 N–H and O–H groups in total. The van der Waals surface area contributed by atoms with Gasteiger partial charge in [-0.2, -0.15) is 0 Å². The van der Waals surface area contributed by atoms with E-state index in [-0.39, 0.29) is 11.7 Å². The highest BCUT2D eigenvalue weighted by Crippen LogP contribution is 2.23. The van der Waals surface area contributed by atoms with Crippen LogP contribution in [0.5, 0.6) is 5.75 Å². The van der Waals surface area contributed by atoms with E-state index in [9.17, 15) is 9.90 Å². The van der Waals surface area contributed by atoms with Gasteiger partial charge in [0.05, 0.1) is 11.4 Å². The van der Waals surface area contributed by atoms with Crippen molar-refractivity contribution in [2.75, 3.05) is 24.2 Å². The summed E-state index contributed by atoms with van der Waals surface area (Å²) < 4.78 is 0. The van der Waals surface area contributed by atoms with Crippen LogP contribution in [0.1, 0.15) is 12.8 Å². The molecule has 0 unspecified atom stereocenters. The summed E-state index contributed by atoms with van der Waals surface area (Å²) in [5.74, 6) is 0.497. The van der Waals surface area contributed by atoms with Crippen molar-refractivity contribution in [1.29, 1.82) is 0 Å². The van der Waals surface area contributed by atoms with Crippen molar-refractivity contribution in [3.63, 3.8) is 0 Å². The normalized spacial score (nSPS) is 16.4. The Bertz CT molecular complexity index is 406. The standard InChI is InChI=1S/C13H18N2O2S/c16-12-4-2-1-3-11(12)15-13(17)9-18-10-5-7-14-8-6-10/h1-4,10,14,16H,5-9H2,(H,15,17). The monoisotopic (exact) mass is 266 g/mol. The van der Waals surface area contributed by atoms with Crippen molar-refractivity contribution in [3.8, 4) is 5.75 Å². The zero-order chi connectivity index (χ0) is 12.8. The molecule has 0 aliphatic carbocycles. The summed E-state index contributed by atoms with van der Waals surface area (Å²) >= 11 is 1.70. The Morgan fingerprint density at radius 2 is 2.11 bits per heavy atom. The molecule has 18 heavy (non-hydrogen) atoms. The number of carbonyl (C=O) groups is 1. The molecule has 0 saturated carbocycles. The zero-order valence-corrected chi connectivity index (χ0v) is 11.0.